The maximum absolute atomic E-state index is 9.23. The first kappa shape index (κ1) is 10.9. The van der Waals surface area contributed by atoms with Crippen molar-refractivity contribution in [1.82, 2.24) is 14.6 Å². The lowest BCUT2D eigenvalue weighted by molar-refractivity contribution is 0.274. The SMILES string of the molecule is Cc1cccc(-c2ccc3ncc(CO)n3n2)c1. The number of aliphatic hydroxyl groups is 1. The fourth-order valence-corrected chi connectivity index (χ4v) is 1.99. The number of rotatable bonds is 2. The van der Waals surface area contributed by atoms with Gasteiger partial charge in [-0.05, 0) is 25.1 Å². The van der Waals surface area contributed by atoms with Crippen LogP contribution in [0.5, 0.6) is 0 Å². The molecular weight excluding hydrogens is 226 g/mol. The minimum atomic E-state index is -0.0641. The minimum Gasteiger partial charge on any atom is -0.390 e. The van der Waals surface area contributed by atoms with Gasteiger partial charge in [-0.1, -0.05) is 23.8 Å². The van der Waals surface area contributed by atoms with Gasteiger partial charge >= 0.3 is 0 Å². The average molecular weight is 239 g/mol. The molecule has 2 aromatic heterocycles. The molecule has 3 aromatic rings. The molecule has 0 aliphatic heterocycles. The number of fused-ring (bicyclic) bond motifs is 1. The Hall–Kier alpha value is -2.20. The highest BCUT2D eigenvalue weighted by Gasteiger charge is 2.06. The van der Waals surface area contributed by atoms with Gasteiger partial charge in [-0.3, -0.25) is 0 Å². The van der Waals surface area contributed by atoms with Crippen LogP contribution in [0.2, 0.25) is 0 Å². The third-order valence-corrected chi connectivity index (χ3v) is 2.91. The summed E-state index contributed by atoms with van der Waals surface area (Å²) in [4.78, 5) is 4.18. The van der Waals surface area contributed by atoms with Crippen molar-refractivity contribution < 1.29 is 5.11 Å². The maximum Gasteiger partial charge on any atom is 0.153 e. The van der Waals surface area contributed by atoms with E-state index in [-0.39, 0.29) is 6.61 Å². The molecular formula is C14H13N3O. The molecule has 3 rings (SSSR count). The summed E-state index contributed by atoms with van der Waals surface area (Å²) >= 11 is 0. The average Bonchev–Trinajstić information content (AvgIpc) is 2.80. The molecule has 0 spiro atoms. The molecule has 90 valence electrons. The highest BCUT2D eigenvalue weighted by atomic mass is 16.3. The van der Waals surface area contributed by atoms with Crippen molar-refractivity contribution in [1.29, 1.82) is 0 Å². The van der Waals surface area contributed by atoms with E-state index in [9.17, 15) is 5.11 Å². The lowest BCUT2D eigenvalue weighted by Crippen LogP contribution is -1.99. The molecule has 18 heavy (non-hydrogen) atoms. The summed E-state index contributed by atoms with van der Waals surface area (Å²) in [7, 11) is 0. The second kappa shape index (κ2) is 4.23. The van der Waals surface area contributed by atoms with Crippen LogP contribution in [0.3, 0.4) is 0 Å². The zero-order chi connectivity index (χ0) is 12.5. The van der Waals surface area contributed by atoms with Gasteiger partial charge in [0.15, 0.2) is 5.65 Å². The fraction of sp³-hybridized carbons (Fsp3) is 0.143. The largest absolute Gasteiger partial charge is 0.390 e. The molecule has 1 aromatic carbocycles. The molecule has 0 amide bonds. The second-order valence-electron chi connectivity index (χ2n) is 4.27. The van der Waals surface area contributed by atoms with E-state index in [4.69, 9.17) is 0 Å². The summed E-state index contributed by atoms with van der Waals surface area (Å²) in [6, 6.07) is 12.0. The normalized spacial score (nSPS) is 11.0. The van der Waals surface area contributed by atoms with Crippen molar-refractivity contribution in [2.75, 3.05) is 0 Å². The monoisotopic (exact) mass is 239 g/mol. The number of hydrogen-bond acceptors (Lipinski definition) is 3. The Morgan fingerprint density at radius 3 is 2.89 bits per heavy atom. The molecule has 2 heterocycles. The lowest BCUT2D eigenvalue weighted by Gasteiger charge is -2.04. The predicted octanol–water partition coefficient (Wildman–Crippen LogP) is 2.20. The van der Waals surface area contributed by atoms with Gasteiger partial charge in [-0.2, -0.15) is 5.10 Å². The molecule has 0 atom stereocenters. The molecule has 0 aliphatic rings. The van der Waals surface area contributed by atoms with Crippen LogP contribution >= 0.6 is 0 Å². The number of imidazole rings is 1. The number of aliphatic hydroxyl groups excluding tert-OH is 1. The molecule has 4 heteroatoms. The van der Waals surface area contributed by atoms with Gasteiger partial charge in [0.05, 0.1) is 24.2 Å². The molecule has 0 fully saturated rings. The molecule has 0 saturated heterocycles. The predicted molar refractivity (Wildman–Crippen MR) is 69.1 cm³/mol. The van der Waals surface area contributed by atoms with Crippen molar-refractivity contribution in [3.8, 4) is 11.3 Å². The summed E-state index contributed by atoms with van der Waals surface area (Å²) in [5, 5.41) is 13.7. The van der Waals surface area contributed by atoms with Crippen LogP contribution in [0.1, 0.15) is 11.3 Å². The Kier molecular flexibility index (Phi) is 2.57. The molecule has 0 aliphatic carbocycles. The lowest BCUT2D eigenvalue weighted by atomic mass is 10.1. The Balaban J connectivity index is 2.18. The van der Waals surface area contributed by atoms with Crippen LogP contribution in [-0.4, -0.2) is 19.7 Å². The zero-order valence-corrected chi connectivity index (χ0v) is 10.0. The summed E-state index contributed by atoms with van der Waals surface area (Å²) < 4.78 is 1.68. The van der Waals surface area contributed by atoms with Gasteiger partial charge in [-0.25, -0.2) is 9.50 Å². The van der Waals surface area contributed by atoms with Gasteiger partial charge in [0.2, 0.25) is 0 Å². The summed E-state index contributed by atoms with van der Waals surface area (Å²) in [6.45, 7) is 1.99. The van der Waals surface area contributed by atoms with Gasteiger partial charge in [-0.15, -0.1) is 0 Å². The van der Waals surface area contributed by atoms with Crippen LogP contribution < -0.4 is 0 Å². The van der Waals surface area contributed by atoms with Crippen molar-refractivity contribution >= 4 is 5.65 Å². The quantitative estimate of drug-likeness (QED) is 0.745. The Morgan fingerprint density at radius 2 is 2.11 bits per heavy atom. The van der Waals surface area contributed by atoms with E-state index >= 15 is 0 Å². The van der Waals surface area contributed by atoms with E-state index in [0.29, 0.717) is 5.69 Å². The summed E-state index contributed by atoms with van der Waals surface area (Å²) in [5.41, 5.74) is 4.57. The molecule has 0 unspecified atom stereocenters. The molecule has 0 saturated carbocycles. The fourth-order valence-electron chi connectivity index (χ4n) is 1.99. The third-order valence-electron chi connectivity index (χ3n) is 2.91. The van der Waals surface area contributed by atoms with Gasteiger partial charge < -0.3 is 5.11 Å². The van der Waals surface area contributed by atoms with Crippen molar-refractivity contribution in [2.45, 2.75) is 13.5 Å². The van der Waals surface area contributed by atoms with Gasteiger partial charge in [0, 0.05) is 5.56 Å². The number of hydrogen-bond donors (Lipinski definition) is 1. The van der Waals surface area contributed by atoms with Crippen molar-refractivity contribution in [3.05, 3.63) is 53.9 Å². The number of aryl methyl sites for hydroxylation is 1. The first-order valence-corrected chi connectivity index (χ1v) is 5.79. The molecule has 0 bridgehead atoms. The number of nitrogens with zero attached hydrogens (tertiary/aromatic N) is 3. The Bertz CT molecular complexity index is 703. The van der Waals surface area contributed by atoms with E-state index in [2.05, 4.69) is 29.1 Å². The smallest absolute Gasteiger partial charge is 0.153 e. The summed E-state index contributed by atoms with van der Waals surface area (Å²) in [6.07, 6.45) is 1.64. The van der Waals surface area contributed by atoms with Crippen LogP contribution in [0.25, 0.3) is 16.9 Å². The van der Waals surface area contributed by atoms with E-state index in [1.165, 1.54) is 5.56 Å². The van der Waals surface area contributed by atoms with Crippen LogP contribution in [0.4, 0.5) is 0 Å². The third kappa shape index (κ3) is 1.76. The molecule has 1 N–H and O–H groups in total. The van der Waals surface area contributed by atoms with Crippen LogP contribution in [-0.2, 0) is 6.61 Å². The van der Waals surface area contributed by atoms with E-state index in [1.807, 2.05) is 24.3 Å². The first-order chi connectivity index (χ1) is 8.78. The highest BCUT2D eigenvalue weighted by Crippen LogP contribution is 2.18. The Labute approximate surface area is 105 Å². The number of benzene rings is 1. The van der Waals surface area contributed by atoms with E-state index < -0.39 is 0 Å². The summed E-state index contributed by atoms with van der Waals surface area (Å²) in [5.74, 6) is 0. The second-order valence-corrected chi connectivity index (χ2v) is 4.27. The van der Waals surface area contributed by atoms with E-state index in [1.54, 1.807) is 10.7 Å². The first-order valence-electron chi connectivity index (χ1n) is 5.79. The van der Waals surface area contributed by atoms with Crippen molar-refractivity contribution in [2.24, 2.45) is 0 Å². The standard InChI is InChI=1S/C14H13N3O/c1-10-3-2-4-11(7-10)13-5-6-14-15-8-12(9-18)17(14)16-13/h2-8,18H,9H2,1H3. The van der Waals surface area contributed by atoms with Crippen LogP contribution in [0.15, 0.2) is 42.6 Å². The number of aromatic nitrogens is 3. The minimum absolute atomic E-state index is 0.0641. The highest BCUT2D eigenvalue weighted by molar-refractivity contribution is 5.61. The topological polar surface area (TPSA) is 50.4 Å². The maximum atomic E-state index is 9.23. The van der Waals surface area contributed by atoms with Crippen molar-refractivity contribution in [3.63, 3.8) is 0 Å². The van der Waals surface area contributed by atoms with Gasteiger partial charge in [0.25, 0.3) is 0 Å². The van der Waals surface area contributed by atoms with Gasteiger partial charge in [0.1, 0.15) is 0 Å². The zero-order valence-electron chi connectivity index (χ0n) is 10.0. The molecule has 0 radical (unpaired) electrons. The van der Waals surface area contributed by atoms with Crippen LogP contribution in [0, 0.1) is 6.92 Å². The molecule has 4 nitrogen and oxygen atoms in total. The van der Waals surface area contributed by atoms with E-state index in [0.717, 1.165) is 16.9 Å². The Morgan fingerprint density at radius 1 is 1.22 bits per heavy atom.